The second-order valence-electron chi connectivity index (χ2n) is 7.02. The molecule has 0 unspecified atom stereocenters. The Bertz CT molecular complexity index is 825. The molecule has 0 saturated heterocycles. The summed E-state index contributed by atoms with van der Waals surface area (Å²) in [5, 5.41) is 9.38. The third-order valence-corrected chi connectivity index (χ3v) is 4.56. The third kappa shape index (κ3) is 9.53. The van der Waals surface area contributed by atoms with Crippen LogP contribution in [0.4, 0.5) is 0 Å². The number of ether oxygens (including phenoxy) is 2. The lowest BCUT2D eigenvalue weighted by Crippen LogP contribution is -2.39. The number of carbonyl (C=O) groups is 1. The van der Waals surface area contributed by atoms with Crippen LogP contribution in [0.25, 0.3) is 0 Å². The Morgan fingerprint density at radius 3 is 2.55 bits per heavy atom. The van der Waals surface area contributed by atoms with Crippen molar-refractivity contribution >= 4 is 11.9 Å². The van der Waals surface area contributed by atoms with E-state index in [2.05, 4.69) is 27.0 Å². The number of nitrogens with zero attached hydrogens (tertiary/aromatic N) is 1. The Labute approximate surface area is 185 Å². The minimum absolute atomic E-state index is 0.00433. The van der Waals surface area contributed by atoms with Crippen molar-refractivity contribution in [3.8, 4) is 5.75 Å². The third-order valence-electron chi connectivity index (χ3n) is 4.56. The molecule has 0 radical (unpaired) electrons. The van der Waals surface area contributed by atoms with Gasteiger partial charge in [-0.15, -0.1) is 0 Å². The quantitative estimate of drug-likeness (QED) is 0.276. The molecule has 0 bridgehead atoms. The van der Waals surface area contributed by atoms with Gasteiger partial charge in [-0.25, -0.2) is 0 Å². The number of benzene rings is 2. The van der Waals surface area contributed by atoms with Gasteiger partial charge in [-0.3, -0.25) is 9.79 Å². The number of hydrogen-bond donors (Lipinski definition) is 3. The second-order valence-corrected chi connectivity index (χ2v) is 7.02. The Morgan fingerprint density at radius 1 is 1.00 bits per heavy atom. The Morgan fingerprint density at radius 2 is 1.81 bits per heavy atom. The van der Waals surface area contributed by atoms with E-state index in [1.165, 1.54) is 0 Å². The molecular weight excluding hydrogens is 392 g/mol. The van der Waals surface area contributed by atoms with Gasteiger partial charge in [0.15, 0.2) is 5.96 Å². The maximum atomic E-state index is 12.1. The predicted molar refractivity (Wildman–Crippen MR) is 124 cm³/mol. The Hall–Kier alpha value is -3.06. The SMILES string of the molecule is CCOCCOc1cc(C)ccc1CNC(=NC)NCCC(=O)NCc1ccccc1. The first kappa shape index (κ1) is 24.2. The number of hydrogen-bond acceptors (Lipinski definition) is 4. The van der Waals surface area contributed by atoms with E-state index < -0.39 is 0 Å². The van der Waals surface area contributed by atoms with Crippen LogP contribution >= 0.6 is 0 Å². The number of rotatable bonds is 12. The molecule has 0 spiro atoms. The Balaban J connectivity index is 1.74. The van der Waals surface area contributed by atoms with Gasteiger partial charge >= 0.3 is 0 Å². The number of guanidine groups is 1. The van der Waals surface area contributed by atoms with Crippen LogP contribution in [0.1, 0.15) is 30.0 Å². The normalized spacial score (nSPS) is 11.1. The molecule has 2 aromatic carbocycles. The van der Waals surface area contributed by atoms with E-state index in [0.29, 0.717) is 51.8 Å². The van der Waals surface area contributed by atoms with Gasteiger partial charge in [-0.1, -0.05) is 42.5 Å². The topological polar surface area (TPSA) is 84.0 Å². The van der Waals surface area contributed by atoms with Gasteiger partial charge in [0.25, 0.3) is 0 Å². The van der Waals surface area contributed by atoms with Crippen LogP contribution in [0.2, 0.25) is 0 Å². The molecule has 2 aromatic rings. The lowest BCUT2D eigenvalue weighted by Gasteiger charge is -2.15. The van der Waals surface area contributed by atoms with Crippen molar-refractivity contribution < 1.29 is 14.3 Å². The highest BCUT2D eigenvalue weighted by Crippen LogP contribution is 2.20. The molecule has 0 atom stereocenters. The van der Waals surface area contributed by atoms with Crippen LogP contribution in [0, 0.1) is 6.92 Å². The van der Waals surface area contributed by atoms with Crippen LogP contribution in [-0.4, -0.2) is 45.3 Å². The van der Waals surface area contributed by atoms with Crippen molar-refractivity contribution in [1.29, 1.82) is 0 Å². The van der Waals surface area contributed by atoms with Crippen molar-refractivity contribution in [2.45, 2.75) is 33.4 Å². The minimum atomic E-state index is -0.00433. The van der Waals surface area contributed by atoms with Gasteiger partial charge in [0.2, 0.25) is 5.91 Å². The summed E-state index contributed by atoms with van der Waals surface area (Å²) in [5.74, 6) is 1.47. The molecule has 0 aliphatic carbocycles. The fourth-order valence-electron chi connectivity index (χ4n) is 2.88. The first-order valence-corrected chi connectivity index (χ1v) is 10.7. The number of carbonyl (C=O) groups excluding carboxylic acids is 1. The molecule has 0 aliphatic rings. The highest BCUT2D eigenvalue weighted by Gasteiger charge is 2.07. The summed E-state index contributed by atoms with van der Waals surface area (Å²) >= 11 is 0. The predicted octanol–water partition coefficient (Wildman–Crippen LogP) is 2.78. The van der Waals surface area contributed by atoms with Crippen molar-refractivity contribution in [2.24, 2.45) is 4.99 Å². The van der Waals surface area contributed by atoms with Crippen molar-refractivity contribution in [1.82, 2.24) is 16.0 Å². The largest absolute Gasteiger partial charge is 0.491 e. The molecule has 1 amide bonds. The average Bonchev–Trinajstić information content (AvgIpc) is 2.79. The molecule has 31 heavy (non-hydrogen) atoms. The standard InChI is InChI=1S/C24H34N4O3/c1-4-30-14-15-31-22-16-19(2)10-11-21(22)18-28-24(25-3)26-13-12-23(29)27-17-20-8-6-5-7-9-20/h5-11,16H,4,12-15,17-18H2,1-3H3,(H,27,29)(H2,25,26,28). The van der Waals surface area contributed by atoms with E-state index >= 15 is 0 Å². The minimum Gasteiger partial charge on any atom is -0.491 e. The molecule has 168 valence electrons. The number of aliphatic imine (C=N–C) groups is 1. The Kier molecular flexibility index (Phi) is 11.0. The molecule has 3 N–H and O–H groups in total. The highest BCUT2D eigenvalue weighted by atomic mass is 16.5. The number of amides is 1. The summed E-state index contributed by atoms with van der Waals surface area (Å²) < 4.78 is 11.2. The van der Waals surface area contributed by atoms with Gasteiger partial charge in [0.1, 0.15) is 12.4 Å². The number of nitrogens with one attached hydrogen (secondary N) is 3. The van der Waals surface area contributed by atoms with Crippen LogP contribution in [0.15, 0.2) is 53.5 Å². The zero-order valence-corrected chi connectivity index (χ0v) is 18.7. The first-order chi connectivity index (χ1) is 15.1. The molecule has 7 heteroatoms. The van der Waals surface area contributed by atoms with Gasteiger partial charge in [0, 0.05) is 45.3 Å². The molecule has 0 saturated carbocycles. The monoisotopic (exact) mass is 426 g/mol. The van der Waals surface area contributed by atoms with Gasteiger partial charge in [0.05, 0.1) is 6.61 Å². The summed E-state index contributed by atoms with van der Waals surface area (Å²) in [4.78, 5) is 16.3. The fraction of sp³-hybridized carbons (Fsp3) is 0.417. The molecule has 0 aliphatic heterocycles. The summed E-state index contributed by atoms with van der Waals surface area (Å²) in [5.41, 5.74) is 3.25. The van der Waals surface area contributed by atoms with Crippen LogP contribution in [0.3, 0.4) is 0 Å². The maximum Gasteiger partial charge on any atom is 0.222 e. The van der Waals surface area contributed by atoms with Crippen LogP contribution in [0.5, 0.6) is 5.75 Å². The smallest absolute Gasteiger partial charge is 0.222 e. The summed E-state index contributed by atoms with van der Waals surface area (Å²) in [6.45, 7) is 7.34. The summed E-state index contributed by atoms with van der Waals surface area (Å²) in [7, 11) is 1.71. The first-order valence-electron chi connectivity index (χ1n) is 10.7. The summed E-state index contributed by atoms with van der Waals surface area (Å²) in [6.07, 6.45) is 0.365. The lowest BCUT2D eigenvalue weighted by molar-refractivity contribution is -0.121. The highest BCUT2D eigenvalue weighted by molar-refractivity contribution is 5.81. The van der Waals surface area contributed by atoms with E-state index in [1.807, 2.05) is 56.3 Å². The zero-order valence-electron chi connectivity index (χ0n) is 18.7. The maximum absolute atomic E-state index is 12.1. The average molecular weight is 427 g/mol. The van der Waals surface area contributed by atoms with Gasteiger partial charge in [-0.05, 0) is 31.0 Å². The van der Waals surface area contributed by atoms with Crippen molar-refractivity contribution in [2.75, 3.05) is 33.4 Å². The molecule has 7 nitrogen and oxygen atoms in total. The molecule has 0 fully saturated rings. The molecule has 2 rings (SSSR count). The van der Waals surface area contributed by atoms with Crippen molar-refractivity contribution in [3.63, 3.8) is 0 Å². The second kappa shape index (κ2) is 14.0. The lowest BCUT2D eigenvalue weighted by atomic mass is 10.1. The molecule has 0 heterocycles. The number of aryl methyl sites for hydroxylation is 1. The molecular formula is C24H34N4O3. The fourth-order valence-corrected chi connectivity index (χ4v) is 2.88. The van der Waals surface area contributed by atoms with Gasteiger partial charge in [-0.2, -0.15) is 0 Å². The van der Waals surface area contributed by atoms with Gasteiger partial charge < -0.3 is 25.4 Å². The zero-order chi connectivity index (χ0) is 22.3. The van der Waals surface area contributed by atoms with E-state index in [-0.39, 0.29) is 5.91 Å². The molecule has 0 aromatic heterocycles. The van der Waals surface area contributed by atoms with E-state index in [4.69, 9.17) is 9.47 Å². The van der Waals surface area contributed by atoms with Crippen molar-refractivity contribution in [3.05, 3.63) is 65.2 Å². The van der Waals surface area contributed by atoms with E-state index in [9.17, 15) is 4.79 Å². The van der Waals surface area contributed by atoms with E-state index in [1.54, 1.807) is 7.05 Å². The summed E-state index contributed by atoms with van der Waals surface area (Å²) in [6, 6.07) is 16.0. The van der Waals surface area contributed by atoms with E-state index in [0.717, 1.165) is 22.4 Å². The van der Waals surface area contributed by atoms with Crippen LogP contribution < -0.4 is 20.7 Å². The van der Waals surface area contributed by atoms with Crippen LogP contribution in [-0.2, 0) is 22.6 Å².